The lowest BCUT2D eigenvalue weighted by Gasteiger charge is -2.10. The summed E-state index contributed by atoms with van der Waals surface area (Å²) in [5.74, 6) is 0. The molecule has 0 nitrogen and oxygen atoms in total. The minimum Gasteiger partial charge on any atom is -0.0766 e. The predicted molar refractivity (Wildman–Crippen MR) is 95.5 cm³/mol. The molecule has 0 saturated heterocycles. The number of rotatable bonds is 4. The molecule has 2 aromatic rings. The van der Waals surface area contributed by atoms with Gasteiger partial charge in [-0.1, -0.05) is 59.6 Å². The van der Waals surface area contributed by atoms with Crippen LogP contribution in [-0.2, 0) is 12.8 Å². The van der Waals surface area contributed by atoms with Crippen LogP contribution in [0.2, 0.25) is 0 Å². The van der Waals surface area contributed by atoms with Crippen LogP contribution in [0.5, 0.6) is 0 Å². The van der Waals surface area contributed by atoms with Crippen molar-refractivity contribution >= 4 is 21.5 Å². The summed E-state index contributed by atoms with van der Waals surface area (Å²) < 4.78 is 1.19. The first-order chi connectivity index (χ1) is 10.2. The molecule has 1 aliphatic rings. The van der Waals surface area contributed by atoms with Crippen LogP contribution in [0.3, 0.4) is 0 Å². The Bertz CT molecular complexity index is 678. The second-order valence-electron chi connectivity index (χ2n) is 5.88. The van der Waals surface area contributed by atoms with Crippen molar-refractivity contribution in [2.24, 2.45) is 0 Å². The fraction of sp³-hybridized carbons (Fsp3) is 0.300. The fourth-order valence-electron chi connectivity index (χ4n) is 2.98. The van der Waals surface area contributed by atoms with E-state index in [-0.39, 0.29) is 0 Å². The van der Waals surface area contributed by atoms with Crippen LogP contribution in [0, 0.1) is 0 Å². The van der Waals surface area contributed by atoms with Gasteiger partial charge in [-0.3, -0.25) is 0 Å². The number of fused-ring (bicyclic) bond motifs is 1. The molecule has 3 rings (SSSR count). The van der Waals surface area contributed by atoms with Crippen molar-refractivity contribution in [3.8, 4) is 11.1 Å². The molecule has 0 aromatic heterocycles. The topological polar surface area (TPSA) is 0 Å². The van der Waals surface area contributed by atoms with Crippen LogP contribution < -0.4 is 0 Å². The molecule has 0 unspecified atom stereocenters. The monoisotopic (exact) mass is 340 g/mol. The largest absolute Gasteiger partial charge is 0.0766 e. The molecule has 0 radical (unpaired) electrons. The van der Waals surface area contributed by atoms with Crippen molar-refractivity contribution in [3.05, 3.63) is 63.6 Å². The minimum absolute atomic E-state index is 1.07. The molecular formula is C20H21Br. The molecule has 0 fully saturated rings. The number of benzene rings is 2. The van der Waals surface area contributed by atoms with Crippen molar-refractivity contribution in [2.75, 3.05) is 0 Å². The Hall–Kier alpha value is -1.34. The molecule has 21 heavy (non-hydrogen) atoms. The molecule has 1 aliphatic carbocycles. The van der Waals surface area contributed by atoms with E-state index in [1.165, 1.54) is 57.1 Å². The van der Waals surface area contributed by atoms with Gasteiger partial charge in [0, 0.05) is 4.47 Å². The highest BCUT2D eigenvalue weighted by molar-refractivity contribution is 9.10. The average molecular weight is 341 g/mol. The summed E-state index contributed by atoms with van der Waals surface area (Å²) in [6.45, 7) is 4.44. The van der Waals surface area contributed by atoms with E-state index in [2.05, 4.69) is 72.3 Å². The van der Waals surface area contributed by atoms with Crippen molar-refractivity contribution < 1.29 is 0 Å². The van der Waals surface area contributed by atoms with Gasteiger partial charge < -0.3 is 0 Å². The van der Waals surface area contributed by atoms with E-state index in [4.69, 9.17) is 0 Å². The number of unbranched alkanes of at least 4 members (excludes halogenated alkanes) is 1. The van der Waals surface area contributed by atoms with Gasteiger partial charge in [-0.2, -0.15) is 0 Å². The second-order valence-corrected chi connectivity index (χ2v) is 6.74. The van der Waals surface area contributed by atoms with Gasteiger partial charge in [-0.15, -0.1) is 0 Å². The third-order valence-corrected chi connectivity index (χ3v) is 4.99. The van der Waals surface area contributed by atoms with Crippen LogP contribution in [0.15, 0.2) is 46.9 Å². The second kappa shape index (κ2) is 6.19. The number of aryl methyl sites for hydroxylation is 1. The van der Waals surface area contributed by atoms with Crippen LogP contribution in [-0.4, -0.2) is 0 Å². The van der Waals surface area contributed by atoms with E-state index in [1.807, 2.05) is 0 Å². The van der Waals surface area contributed by atoms with Gasteiger partial charge in [0.05, 0.1) is 0 Å². The maximum Gasteiger partial charge on any atom is 0.0259 e. The molecule has 108 valence electrons. The maximum absolute atomic E-state index is 3.75. The number of allylic oxidation sites excluding steroid dienone is 2. The zero-order valence-corrected chi connectivity index (χ0v) is 14.3. The minimum atomic E-state index is 1.07. The summed E-state index contributed by atoms with van der Waals surface area (Å²) in [5, 5.41) is 0. The Labute approximate surface area is 136 Å². The highest BCUT2D eigenvalue weighted by atomic mass is 79.9. The van der Waals surface area contributed by atoms with Gasteiger partial charge in [-0.25, -0.2) is 0 Å². The van der Waals surface area contributed by atoms with Crippen LogP contribution >= 0.6 is 15.9 Å². The molecular weight excluding hydrogens is 320 g/mol. The number of hydrogen-bond acceptors (Lipinski definition) is 0. The zero-order chi connectivity index (χ0) is 14.8. The summed E-state index contributed by atoms with van der Waals surface area (Å²) in [6, 6.07) is 13.7. The summed E-state index contributed by atoms with van der Waals surface area (Å²) in [6.07, 6.45) is 7.09. The van der Waals surface area contributed by atoms with Gasteiger partial charge in [-0.05, 0) is 71.7 Å². The fourth-order valence-corrected chi connectivity index (χ4v) is 3.55. The Morgan fingerprint density at radius 2 is 1.81 bits per heavy atom. The Morgan fingerprint density at radius 3 is 2.52 bits per heavy atom. The molecule has 0 saturated carbocycles. The molecule has 2 aromatic carbocycles. The predicted octanol–water partition coefficient (Wildman–Crippen LogP) is 6.42. The van der Waals surface area contributed by atoms with Gasteiger partial charge in [0.2, 0.25) is 0 Å². The Kier molecular flexibility index (Phi) is 4.30. The molecule has 0 N–H and O–H groups in total. The maximum atomic E-state index is 3.75. The molecule has 0 heterocycles. The first kappa shape index (κ1) is 14.6. The molecule has 0 amide bonds. The van der Waals surface area contributed by atoms with Crippen molar-refractivity contribution in [1.82, 2.24) is 0 Å². The Morgan fingerprint density at radius 1 is 1.05 bits per heavy atom. The summed E-state index contributed by atoms with van der Waals surface area (Å²) >= 11 is 3.75. The lowest BCUT2D eigenvalue weighted by Crippen LogP contribution is -1.89. The van der Waals surface area contributed by atoms with Gasteiger partial charge in [0.1, 0.15) is 0 Å². The van der Waals surface area contributed by atoms with E-state index < -0.39 is 0 Å². The van der Waals surface area contributed by atoms with E-state index in [0.29, 0.717) is 0 Å². The molecule has 1 heteroatoms. The van der Waals surface area contributed by atoms with Crippen LogP contribution in [0.4, 0.5) is 0 Å². The summed E-state index contributed by atoms with van der Waals surface area (Å²) in [4.78, 5) is 0. The molecule has 0 bridgehead atoms. The highest BCUT2D eigenvalue weighted by Gasteiger charge is 2.14. The normalized spacial score (nSPS) is 13.2. The lowest BCUT2D eigenvalue weighted by molar-refractivity contribution is 0.795. The molecule has 0 spiro atoms. The zero-order valence-electron chi connectivity index (χ0n) is 12.7. The molecule has 0 atom stereocenters. The first-order valence-electron chi connectivity index (χ1n) is 7.78. The van der Waals surface area contributed by atoms with Gasteiger partial charge >= 0.3 is 0 Å². The van der Waals surface area contributed by atoms with Gasteiger partial charge in [0.15, 0.2) is 0 Å². The standard InChI is InChI=1S/C20H21Br/c1-3-4-5-15-7-10-16(11-8-15)19-12-17-9-6-14(2)18(17)13-20(19)21/h6-8,10-13H,3-5,9H2,1-2H3. The number of halogens is 1. The Balaban J connectivity index is 1.91. The lowest BCUT2D eigenvalue weighted by atomic mass is 9.97. The molecule has 0 aliphatic heterocycles. The highest BCUT2D eigenvalue weighted by Crippen LogP contribution is 2.36. The van der Waals surface area contributed by atoms with E-state index in [9.17, 15) is 0 Å². The summed E-state index contributed by atoms with van der Waals surface area (Å²) in [7, 11) is 0. The van der Waals surface area contributed by atoms with E-state index in [1.54, 1.807) is 0 Å². The van der Waals surface area contributed by atoms with Crippen molar-refractivity contribution in [3.63, 3.8) is 0 Å². The van der Waals surface area contributed by atoms with E-state index >= 15 is 0 Å². The van der Waals surface area contributed by atoms with Crippen LogP contribution in [0.1, 0.15) is 43.4 Å². The smallest absolute Gasteiger partial charge is 0.0259 e. The van der Waals surface area contributed by atoms with Crippen molar-refractivity contribution in [2.45, 2.75) is 39.5 Å². The van der Waals surface area contributed by atoms with E-state index in [0.717, 1.165) is 6.42 Å². The SMILES string of the molecule is CCCCc1ccc(-c2cc3c(cc2Br)C(C)=CC3)cc1. The first-order valence-corrected chi connectivity index (χ1v) is 8.57. The average Bonchev–Trinajstić information content (AvgIpc) is 2.86. The quantitative estimate of drug-likeness (QED) is 0.602. The van der Waals surface area contributed by atoms with Crippen LogP contribution in [0.25, 0.3) is 16.7 Å². The van der Waals surface area contributed by atoms with Gasteiger partial charge in [0.25, 0.3) is 0 Å². The summed E-state index contributed by atoms with van der Waals surface area (Å²) in [5.41, 5.74) is 8.28. The number of hydrogen-bond donors (Lipinski definition) is 0. The third kappa shape index (κ3) is 2.98. The third-order valence-electron chi connectivity index (χ3n) is 4.33. The van der Waals surface area contributed by atoms with Crippen molar-refractivity contribution in [1.29, 1.82) is 0 Å².